The number of fused-ring (bicyclic) bond motifs is 1. The number of aliphatic hydroxyl groups is 1. The Hall–Kier alpha value is -3.35. The molecule has 1 N–H and O–H groups in total. The third-order valence-electron chi connectivity index (χ3n) is 7.66. The first-order valence-electron chi connectivity index (χ1n) is 13.4. The SMILES string of the molecule is COc1ccc(Cn2ncc3cc(/C=C4\SC(=O)N(CCN5CCC(CCO)CC5)C4=O)ccc32)c(C(F)(F)F)c1. The van der Waals surface area contributed by atoms with Crippen molar-refractivity contribution in [2.75, 3.05) is 39.9 Å². The number of nitrogens with zero attached hydrogens (tertiary/aromatic N) is 4. The maximum Gasteiger partial charge on any atom is 0.416 e. The summed E-state index contributed by atoms with van der Waals surface area (Å²) in [7, 11) is 1.32. The van der Waals surface area contributed by atoms with Crippen molar-refractivity contribution in [1.29, 1.82) is 0 Å². The van der Waals surface area contributed by atoms with Crippen molar-refractivity contribution in [2.24, 2.45) is 5.92 Å². The molecule has 5 rings (SSSR count). The van der Waals surface area contributed by atoms with Crippen LogP contribution in [0.25, 0.3) is 17.0 Å². The number of aromatic nitrogens is 2. The van der Waals surface area contributed by atoms with E-state index in [1.54, 1.807) is 30.5 Å². The number of amides is 2. The molecule has 12 heteroatoms. The number of aliphatic hydroxyl groups excluding tert-OH is 1. The van der Waals surface area contributed by atoms with Gasteiger partial charge in [0.1, 0.15) is 5.75 Å². The van der Waals surface area contributed by atoms with Crippen molar-refractivity contribution in [2.45, 2.75) is 32.0 Å². The van der Waals surface area contributed by atoms with Crippen LogP contribution in [-0.2, 0) is 17.5 Å². The summed E-state index contributed by atoms with van der Waals surface area (Å²) in [6.07, 6.45) is 1.51. The van der Waals surface area contributed by atoms with E-state index in [9.17, 15) is 22.8 Å². The highest BCUT2D eigenvalue weighted by atomic mass is 32.2. The number of carbonyl (C=O) groups is 2. The van der Waals surface area contributed by atoms with Crippen LogP contribution >= 0.6 is 11.8 Å². The number of hydrogen-bond donors (Lipinski definition) is 1. The zero-order chi connectivity index (χ0) is 29.1. The Bertz CT molecular complexity index is 1460. The Morgan fingerprint density at radius 3 is 2.61 bits per heavy atom. The molecule has 2 fully saturated rings. The predicted molar refractivity (Wildman–Crippen MR) is 150 cm³/mol. The molecule has 2 amide bonds. The second-order valence-corrected chi connectivity index (χ2v) is 11.3. The Balaban J connectivity index is 1.26. The van der Waals surface area contributed by atoms with Crippen molar-refractivity contribution < 1.29 is 32.6 Å². The highest BCUT2D eigenvalue weighted by molar-refractivity contribution is 8.18. The lowest BCUT2D eigenvalue weighted by molar-refractivity contribution is -0.138. The summed E-state index contributed by atoms with van der Waals surface area (Å²) < 4.78 is 47.5. The summed E-state index contributed by atoms with van der Waals surface area (Å²) in [4.78, 5) is 29.5. The molecule has 2 aliphatic heterocycles. The number of halogens is 3. The molecule has 218 valence electrons. The van der Waals surface area contributed by atoms with Crippen LogP contribution in [0.15, 0.2) is 47.5 Å². The second kappa shape index (κ2) is 12.3. The van der Waals surface area contributed by atoms with E-state index in [0.717, 1.165) is 50.2 Å². The van der Waals surface area contributed by atoms with Gasteiger partial charge in [0.15, 0.2) is 0 Å². The number of imide groups is 1. The Labute approximate surface area is 239 Å². The summed E-state index contributed by atoms with van der Waals surface area (Å²) in [5, 5.41) is 13.8. The highest BCUT2D eigenvalue weighted by Gasteiger charge is 2.36. The molecule has 2 aromatic carbocycles. The fourth-order valence-corrected chi connectivity index (χ4v) is 6.20. The number of rotatable bonds is 9. The minimum absolute atomic E-state index is 0.0654. The number of methoxy groups -OCH3 is 1. The van der Waals surface area contributed by atoms with Crippen LogP contribution in [-0.4, -0.2) is 75.7 Å². The van der Waals surface area contributed by atoms with E-state index in [-0.39, 0.29) is 35.6 Å². The van der Waals surface area contributed by atoms with Crippen LogP contribution in [0.4, 0.5) is 18.0 Å². The zero-order valence-corrected chi connectivity index (χ0v) is 23.4. The zero-order valence-electron chi connectivity index (χ0n) is 22.6. The lowest BCUT2D eigenvalue weighted by atomic mass is 9.94. The van der Waals surface area contributed by atoms with E-state index >= 15 is 0 Å². The van der Waals surface area contributed by atoms with Crippen LogP contribution in [0.2, 0.25) is 0 Å². The first kappa shape index (κ1) is 29.2. The number of alkyl halides is 3. The van der Waals surface area contributed by atoms with Crippen LogP contribution in [0.1, 0.15) is 36.0 Å². The van der Waals surface area contributed by atoms with Gasteiger partial charge in [0, 0.05) is 25.1 Å². The number of hydrogen-bond acceptors (Lipinski definition) is 7. The molecule has 0 aliphatic carbocycles. The Kier molecular flexibility index (Phi) is 8.71. The van der Waals surface area contributed by atoms with E-state index in [1.165, 1.54) is 28.8 Å². The lowest BCUT2D eigenvalue weighted by Crippen LogP contribution is -2.41. The third kappa shape index (κ3) is 6.60. The van der Waals surface area contributed by atoms with Gasteiger partial charge in [0.25, 0.3) is 11.1 Å². The van der Waals surface area contributed by atoms with E-state index in [2.05, 4.69) is 10.00 Å². The molecule has 1 aromatic heterocycles. The topological polar surface area (TPSA) is 87.9 Å². The van der Waals surface area contributed by atoms with Crippen LogP contribution in [0, 0.1) is 5.92 Å². The molecule has 8 nitrogen and oxygen atoms in total. The molecule has 0 atom stereocenters. The molecule has 3 heterocycles. The van der Waals surface area contributed by atoms with Crippen molar-refractivity contribution in [3.8, 4) is 5.75 Å². The molecule has 0 saturated carbocycles. The van der Waals surface area contributed by atoms with E-state index in [4.69, 9.17) is 9.84 Å². The summed E-state index contributed by atoms with van der Waals surface area (Å²) >= 11 is 0.904. The second-order valence-electron chi connectivity index (χ2n) is 10.3. The van der Waals surface area contributed by atoms with Crippen molar-refractivity contribution in [3.63, 3.8) is 0 Å². The molecular formula is C29H31F3N4O4S. The first-order valence-corrected chi connectivity index (χ1v) is 14.3. The summed E-state index contributed by atoms with van der Waals surface area (Å²) in [6.45, 7) is 2.84. The number of carbonyl (C=O) groups excluding carboxylic acids is 2. The smallest absolute Gasteiger partial charge is 0.416 e. The van der Waals surface area contributed by atoms with Crippen LogP contribution < -0.4 is 4.74 Å². The van der Waals surface area contributed by atoms with Gasteiger partial charge < -0.3 is 14.7 Å². The van der Waals surface area contributed by atoms with E-state index in [1.807, 2.05) is 0 Å². The largest absolute Gasteiger partial charge is 0.497 e. The van der Waals surface area contributed by atoms with E-state index < -0.39 is 11.7 Å². The van der Waals surface area contributed by atoms with Crippen molar-refractivity contribution in [1.82, 2.24) is 19.6 Å². The van der Waals surface area contributed by atoms with Crippen LogP contribution in [0.5, 0.6) is 5.75 Å². The maximum absolute atomic E-state index is 13.7. The van der Waals surface area contributed by atoms with Gasteiger partial charge in [-0.2, -0.15) is 18.3 Å². The number of piperidine rings is 1. The molecule has 41 heavy (non-hydrogen) atoms. The molecule has 0 radical (unpaired) electrons. The number of benzene rings is 2. The quantitative estimate of drug-likeness (QED) is 0.342. The standard InChI is InChI=1S/C29H31F3N4O4S/c1-40-23-4-3-21(24(16-23)29(30,31)32)18-36-25-5-2-20(14-22(25)17-33-36)15-26-27(38)35(28(39)41-26)12-11-34-9-6-19(7-10-34)8-13-37/h2-5,14-17,19,37H,6-13,18H2,1H3/b26-15-. The fraction of sp³-hybridized carbons (Fsp3) is 0.414. The summed E-state index contributed by atoms with van der Waals surface area (Å²) in [6, 6.07) is 9.15. The minimum Gasteiger partial charge on any atom is -0.497 e. The molecule has 0 unspecified atom stereocenters. The number of likely N-dealkylation sites (tertiary alicyclic amines) is 1. The Morgan fingerprint density at radius 2 is 1.90 bits per heavy atom. The van der Waals surface area contributed by atoms with Crippen LogP contribution in [0.3, 0.4) is 0 Å². The normalized spacial score (nSPS) is 18.3. The van der Waals surface area contributed by atoms with Gasteiger partial charge in [-0.05, 0) is 91.5 Å². The summed E-state index contributed by atoms with van der Waals surface area (Å²) in [5.41, 5.74) is 0.616. The third-order valence-corrected chi connectivity index (χ3v) is 8.57. The molecule has 3 aromatic rings. The van der Waals surface area contributed by atoms with Gasteiger partial charge in [-0.25, -0.2) is 0 Å². The van der Waals surface area contributed by atoms with Gasteiger partial charge >= 0.3 is 6.18 Å². The molecule has 2 saturated heterocycles. The average Bonchev–Trinajstić information content (AvgIpc) is 3.46. The van der Waals surface area contributed by atoms with Gasteiger partial charge in [0.05, 0.1) is 35.8 Å². The van der Waals surface area contributed by atoms with Gasteiger partial charge in [0.2, 0.25) is 0 Å². The van der Waals surface area contributed by atoms with Gasteiger partial charge in [-0.15, -0.1) is 0 Å². The molecule has 0 spiro atoms. The summed E-state index contributed by atoms with van der Waals surface area (Å²) in [5.74, 6) is 0.324. The number of ether oxygens (including phenoxy) is 1. The predicted octanol–water partition coefficient (Wildman–Crippen LogP) is 5.24. The molecule has 2 aliphatic rings. The highest BCUT2D eigenvalue weighted by Crippen LogP contribution is 2.36. The average molecular weight is 589 g/mol. The van der Waals surface area contributed by atoms with Gasteiger partial charge in [-0.1, -0.05) is 12.1 Å². The lowest BCUT2D eigenvalue weighted by Gasteiger charge is -2.32. The van der Waals surface area contributed by atoms with Gasteiger partial charge in [-0.3, -0.25) is 19.2 Å². The van der Waals surface area contributed by atoms with E-state index in [0.29, 0.717) is 40.4 Å². The van der Waals surface area contributed by atoms with Crippen molar-refractivity contribution in [3.05, 3.63) is 64.2 Å². The minimum atomic E-state index is -4.54. The number of thioether (sulfide) groups is 1. The fourth-order valence-electron chi connectivity index (χ4n) is 5.33. The molecular weight excluding hydrogens is 557 g/mol. The Morgan fingerprint density at radius 1 is 1.12 bits per heavy atom. The first-order chi connectivity index (χ1) is 19.7. The van der Waals surface area contributed by atoms with Crippen molar-refractivity contribution >= 4 is 39.9 Å². The molecule has 0 bridgehead atoms. The maximum atomic E-state index is 13.7. The monoisotopic (exact) mass is 588 g/mol.